The zero-order valence-corrected chi connectivity index (χ0v) is 15.8. The maximum Gasteiger partial charge on any atom is 0.306 e. The fraction of sp³-hybridized carbons (Fsp3) is 0.200. The molecule has 2 aromatic carbocycles. The normalized spacial score (nSPS) is 11.9. The number of rotatable bonds is 7. The second-order valence-corrected chi connectivity index (χ2v) is 7.33. The average Bonchev–Trinajstić information content (AvgIpc) is 3.10. The maximum absolute atomic E-state index is 10.9. The Hall–Kier alpha value is -2.37. The number of carboxylic acid groups (broad SMARTS) is 1. The molecule has 0 fully saturated rings. The molecule has 0 saturated heterocycles. The van der Waals surface area contributed by atoms with Gasteiger partial charge in [0.05, 0.1) is 11.6 Å². The molecule has 0 saturated carbocycles. The minimum Gasteiger partial charge on any atom is -0.486 e. The minimum absolute atomic E-state index is 0.375. The molecule has 1 unspecified atom stereocenters. The Labute approximate surface area is 161 Å². The van der Waals surface area contributed by atoms with Gasteiger partial charge in [0.15, 0.2) is 0 Å². The van der Waals surface area contributed by atoms with Crippen LogP contribution in [0, 0.1) is 5.92 Å². The zero-order chi connectivity index (χ0) is 18.5. The fourth-order valence-corrected chi connectivity index (χ4v) is 3.42. The van der Waals surface area contributed by atoms with Crippen LogP contribution in [0.4, 0.5) is 0 Å². The lowest BCUT2D eigenvalue weighted by molar-refractivity contribution is -0.141. The molecule has 1 atom stereocenters. The Bertz CT molecular complexity index is 892. The van der Waals surface area contributed by atoms with E-state index in [-0.39, 0.29) is 0 Å². The molecule has 1 heterocycles. The van der Waals surface area contributed by atoms with Crippen LogP contribution in [-0.2, 0) is 17.8 Å². The molecule has 26 heavy (non-hydrogen) atoms. The summed E-state index contributed by atoms with van der Waals surface area (Å²) in [5.74, 6) is -0.463. The van der Waals surface area contributed by atoms with Crippen LogP contribution in [0.1, 0.15) is 17.5 Å². The summed E-state index contributed by atoms with van der Waals surface area (Å²) in [6, 6.07) is 15.1. The second-order valence-electron chi connectivity index (χ2n) is 5.98. The van der Waals surface area contributed by atoms with E-state index in [1.54, 1.807) is 6.92 Å². The standard InChI is InChI=1S/C20H18ClNO3S/c1-13(20(23)24)10-14-6-8-15(9-7-14)25-11-19-22-18(12-26-19)16-4-2-3-5-17(16)21/h2-9,12-13H,10-11H2,1H3,(H,23,24). The minimum atomic E-state index is -0.789. The van der Waals surface area contributed by atoms with Crippen LogP contribution in [0.3, 0.4) is 0 Å². The van der Waals surface area contributed by atoms with E-state index in [1.165, 1.54) is 11.3 Å². The number of hydrogen-bond acceptors (Lipinski definition) is 4. The number of aliphatic carboxylic acids is 1. The summed E-state index contributed by atoms with van der Waals surface area (Å²) in [4.78, 5) is 15.5. The number of thiazole rings is 1. The van der Waals surface area contributed by atoms with Crippen LogP contribution in [0.25, 0.3) is 11.3 Å². The highest BCUT2D eigenvalue weighted by atomic mass is 35.5. The average molecular weight is 388 g/mol. The molecule has 3 aromatic rings. The molecular weight excluding hydrogens is 370 g/mol. The van der Waals surface area contributed by atoms with Gasteiger partial charge in [-0.05, 0) is 30.2 Å². The highest BCUT2D eigenvalue weighted by Crippen LogP contribution is 2.29. The number of hydrogen-bond donors (Lipinski definition) is 1. The summed E-state index contributed by atoms with van der Waals surface area (Å²) < 4.78 is 5.78. The van der Waals surface area contributed by atoms with Crippen LogP contribution in [0.5, 0.6) is 5.75 Å². The van der Waals surface area contributed by atoms with E-state index < -0.39 is 11.9 Å². The molecule has 0 aliphatic heterocycles. The van der Waals surface area contributed by atoms with Gasteiger partial charge >= 0.3 is 5.97 Å². The number of carboxylic acids is 1. The van der Waals surface area contributed by atoms with Crippen molar-refractivity contribution in [1.29, 1.82) is 0 Å². The first kappa shape index (κ1) is 18.4. The summed E-state index contributed by atoms with van der Waals surface area (Å²) in [7, 11) is 0. The summed E-state index contributed by atoms with van der Waals surface area (Å²) >= 11 is 7.73. The highest BCUT2D eigenvalue weighted by molar-refractivity contribution is 7.09. The first-order chi connectivity index (χ1) is 12.5. The van der Waals surface area contributed by atoms with E-state index in [9.17, 15) is 4.79 Å². The third kappa shape index (κ3) is 4.62. The Morgan fingerprint density at radius 1 is 1.23 bits per heavy atom. The monoisotopic (exact) mass is 387 g/mol. The number of aromatic nitrogens is 1. The van der Waals surface area contributed by atoms with Gasteiger partial charge in [0.2, 0.25) is 0 Å². The highest BCUT2D eigenvalue weighted by Gasteiger charge is 2.12. The first-order valence-electron chi connectivity index (χ1n) is 8.17. The van der Waals surface area contributed by atoms with Gasteiger partial charge in [0, 0.05) is 16.0 Å². The maximum atomic E-state index is 10.9. The molecule has 0 amide bonds. The topological polar surface area (TPSA) is 59.4 Å². The van der Waals surface area contributed by atoms with E-state index in [1.807, 2.05) is 53.9 Å². The molecule has 4 nitrogen and oxygen atoms in total. The molecule has 0 aliphatic carbocycles. The molecule has 0 bridgehead atoms. The summed E-state index contributed by atoms with van der Waals surface area (Å²) in [5.41, 5.74) is 2.73. The van der Waals surface area contributed by atoms with E-state index in [2.05, 4.69) is 4.98 Å². The van der Waals surface area contributed by atoms with Gasteiger partial charge in [-0.25, -0.2) is 4.98 Å². The number of ether oxygens (including phenoxy) is 1. The van der Waals surface area contributed by atoms with E-state index >= 15 is 0 Å². The lowest BCUT2D eigenvalue weighted by atomic mass is 10.0. The third-order valence-electron chi connectivity index (χ3n) is 3.95. The van der Waals surface area contributed by atoms with Crippen LogP contribution < -0.4 is 4.74 Å². The van der Waals surface area contributed by atoms with Crippen molar-refractivity contribution in [2.45, 2.75) is 20.0 Å². The van der Waals surface area contributed by atoms with Gasteiger partial charge in [0.25, 0.3) is 0 Å². The predicted octanol–water partition coefficient (Wildman–Crippen LogP) is 5.31. The number of carbonyl (C=O) groups is 1. The van der Waals surface area contributed by atoms with Crippen LogP contribution in [-0.4, -0.2) is 16.1 Å². The quantitative estimate of drug-likeness (QED) is 0.597. The van der Waals surface area contributed by atoms with Crippen LogP contribution in [0.2, 0.25) is 5.02 Å². The molecule has 1 N–H and O–H groups in total. The van der Waals surface area contributed by atoms with Gasteiger partial charge in [0.1, 0.15) is 17.4 Å². The van der Waals surface area contributed by atoms with Crippen molar-refractivity contribution in [3.05, 3.63) is 69.5 Å². The predicted molar refractivity (Wildman–Crippen MR) is 104 cm³/mol. The Balaban J connectivity index is 1.60. The SMILES string of the molecule is CC(Cc1ccc(OCc2nc(-c3ccccc3Cl)cs2)cc1)C(=O)O. The van der Waals surface area contributed by atoms with E-state index in [0.717, 1.165) is 27.6 Å². The summed E-state index contributed by atoms with van der Waals surface area (Å²) in [6.07, 6.45) is 0.503. The summed E-state index contributed by atoms with van der Waals surface area (Å²) in [6.45, 7) is 2.08. The van der Waals surface area contributed by atoms with Gasteiger partial charge in [-0.2, -0.15) is 0 Å². The molecular formula is C20H18ClNO3S. The van der Waals surface area contributed by atoms with E-state index in [0.29, 0.717) is 18.1 Å². The molecule has 3 rings (SSSR count). The van der Waals surface area contributed by atoms with Gasteiger partial charge in [-0.3, -0.25) is 4.79 Å². The van der Waals surface area contributed by atoms with Crippen molar-refractivity contribution >= 4 is 28.9 Å². The van der Waals surface area contributed by atoms with Gasteiger partial charge in [-0.1, -0.05) is 48.9 Å². The molecule has 0 spiro atoms. The number of halogens is 1. The lowest BCUT2D eigenvalue weighted by Gasteiger charge is -2.08. The summed E-state index contributed by atoms with van der Waals surface area (Å²) in [5, 5.41) is 12.5. The third-order valence-corrected chi connectivity index (χ3v) is 5.10. The fourth-order valence-electron chi connectivity index (χ4n) is 2.48. The Morgan fingerprint density at radius 2 is 1.96 bits per heavy atom. The molecule has 134 valence electrons. The van der Waals surface area contributed by atoms with Crippen LogP contribution in [0.15, 0.2) is 53.9 Å². The number of benzene rings is 2. The molecule has 6 heteroatoms. The molecule has 0 radical (unpaired) electrons. The van der Waals surface area contributed by atoms with E-state index in [4.69, 9.17) is 21.4 Å². The first-order valence-corrected chi connectivity index (χ1v) is 9.42. The van der Waals surface area contributed by atoms with Crippen LogP contribution >= 0.6 is 22.9 Å². The lowest BCUT2D eigenvalue weighted by Crippen LogP contribution is -2.12. The smallest absolute Gasteiger partial charge is 0.306 e. The van der Waals surface area contributed by atoms with Crippen molar-refractivity contribution in [2.24, 2.45) is 5.92 Å². The zero-order valence-electron chi connectivity index (χ0n) is 14.2. The van der Waals surface area contributed by atoms with Gasteiger partial charge in [-0.15, -0.1) is 11.3 Å². The van der Waals surface area contributed by atoms with Crippen molar-refractivity contribution < 1.29 is 14.6 Å². The van der Waals surface area contributed by atoms with Crippen molar-refractivity contribution in [1.82, 2.24) is 4.98 Å². The van der Waals surface area contributed by atoms with Gasteiger partial charge < -0.3 is 9.84 Å². The molecule has 0 aliphatic rings. The Kier molecular flexibility index (Phi) is 5.91. The largest absolute Gasteiger partial charge is 0.486 e. The number of nitrogens with zero attached hydrogens (tertiary/aromatic N) is 1. The molecule has 1 aromatic heterocycles. The Morgan fingerprint density at radius 3 is 2.65 bits per heavy atom. The van der Waals surface area contributed by atoms with Crippen molar-refractivity contribution in [3.8, 4) is 17.0 Å². The second kappa shape index (κ2) is 8.34. The van der Waals surface area contributed by atoms with Crippen molar-refractivity contribution in [2.75, 3.05) is 0 Å². The van der Waals surface area contributed by atoms with Crippen molar-refractivity contribution in [3.63, 3.8) is 0 Å².